The Balaban J connectivity index is 2.04. The van der Waals surface area contributed by atoms with Crippen molar-refractivity contribution in [1.29, 1.82) is 0 Å². The Labute approximate surface area is 153 Å². The summed E-state index contributed by atoms with van der Waals surface area (Å²) in [5, 5.41) is 2.87. The zero-order valence-corrected chi connectivity index (χ0v) is 15.4. The number of aryl methyl sites for hydroxylation is 3. The van der Waals surface area contributed by atoms with Gasteiger partial charge in [0.15, 0.2) is 0 Å². The van der Waals surface area contributed by atoms with Gasteiger partial charge in [0.1, 0.15) is 0 Å². The van der Waals surface area contributed by atoms with E-state index in [0.717, 1.165) is 22.4 Å². The van der Waals surface area contributed by atoms with Gasteiger partial charge in [-0.3, -0.25) is 14.4 Å². The standard InChI is InChI=1S/C20H23N3O3/c1-12-9-13(2)18(14(3)10-12)22-17(24)11-23(4)20(26)16-7-5-15(6-8-16)19(21)25/h5-10H,11H2,1-4H3,(H2,21,25)(H,22,24). The van der Waals surface area contributed by atoms with Crippen molar-refractivity contribution < 1.29 is 14.4 Å². The summed E-state index contributed by atoms with van der Waals surface area (Å²) >= 11 is 0. The first-order valence-corrected chi connectivity index (χ1v) is 8.22. The second-order valence-electron chi connectivity index (χ2n) is 6.42. The first-order chi connectivity index (χ1) is 12.2. The van der Waals surface area contributed by atoms with E-state index >= 15 is 0 Å². The van der Waals surface area contributed by atoms with Crippen molar-refractivity contribution in [2.75, 3.05) is 18.9 Å². The molecule has 2 aromatic rings. The van der Waals surface area contributed by atoms with Crippen molar-refractivity contribution >= 4 is 23.4 Å². The van der Waals surface area contributed by atoms with Gasteiger partial charge in [0, 0.05) is 23.9 Å². The van der Waals surface area contributed by atoms with E-state index in [1.807, 2.05) is 32.9 Å². The highest BCUT2D eigenvalue weighted by Crippen LogP contribution is 2.21. The van der Waals surface area contributed by atoms with Crippen LogP contribution in [0.1, 0.15) is 37.4 Å². The largest absolute Gasteiger partial charge is 0.366 e. The van der Waals surface area contributed by atoms with Crippen LogP contribution >= 0.6 is 0 Å². The van der Waals surface area contributed by atoms with Gasteiger partial charge in [0.25, 0.3) is 5.91 Å². The van der Waals surface area contributed by atoms with Gasteiger partial charge in [0.05, 0.1) is 6.54 Å². The van der Waals surface area contributed by atoms with Crippen molar-refractivity contribution in [3.8, 4) is 0 Å². The minimum atomic E-state index is -0.555. The number of nitrogens with two attached hydrogens (primary N) is 1. The molecule has 2 rings (SSSR count). The summed E-state index contributed by atoms with van der Waals surface area (Å²) in [6.45, 7) is 5.79. The molecule has 0 bridgehead atoms. The number of amides is 3. The lowest BCUT2D eigenvalue weighted by molar-refractivity contribution is -0.116. The number of carbonyl (C=O) groups is 3. The molecule has 0 aliphatic carbocycles. The molecule has 0 heterocycles. The molecule has 0 spiro atoms. The second-order valence-corrected chi connectivity index (χ2v) is 6.42. The third-order valence-electron chi connectivity index (χ3n) is 4.09. The summed E-state index contributed by atoms with van der Waals surface area (Å²) in [5.74, 6) is -1.14. The maximum atomic E-state index is 12.4. The summed E-state index contributed by atoms with van der Waals surface area (Å²) in [6, 6.07) is 10.0. The number of hydrogen-bond acceptors (Lipinski definition) is 3. The molecular weight excluding hydrogens is 330 g/mol. The highest BCUT2D eigenvalue weighted by molar-refractivity contribution is 6.00. The van der Waals surface area contributed by atoms with E-state index in [9.17, 15) is 14.4 Å². The quantitative estimate of drug-likeness (QED) is 0.864. The van der Waals surface area contributed by atoms with Crippen LogP contribution in [0.3, 0.4) is 0 Å². The molecule has 0 saturated heterocycles. The number of nitrogens with zero attached hydrogens (tertiary/aromatic N) is 1. The van der Waals surface area contributed by atoms with Gasteiger partial charge in [-0.2, -0.15) is 0 Å². The first-order valence-electron chi connectivity index (χ1n) is 8.22. The number of nitrogens with one attached hydrogen (secondary N) is 1. The molecule has 0 aliphatic rings. The third kappa shape index (κ3) is 4.47. The molecule has 0 radical (unpaired) electrons. The molecule has 3 N–H and O–H groups in total. The van der Waals surface area contributed by atoms with Gasteiger partial charge in [0.2, 0.25) is 11.8 Å². The molecule has 0 saturated carbocycles. The van der Waals surface area contributed by atoms with Crippen LogP contribution in [0, 0.1) is 20.8 Å². The first kappa shape index (κ1) is 19.2. The number of likely N-dealkylation sites (N-methyl/N-ethyl adjacent to an activating group) is 1. The Bertz CT molecular complexity index is 834. The summed E-state index contributed by atoms with van der Waals surface area (Å²) in [4.78, 5) is 37.2. The van der Waals surface area contributed by atoms with Gasteiger partial charge in [-0.05, 0) is 56.2 Å². The van der Waals surface area contributed by atoms with Crippen LogP contribution < -0.4 is 11.1 Å². The van der Waals surface area contributed by atoms with Gasteiger partial charge in [-0.25, -0.2) is 0 Å². The van der Waals surface area contributed by atoms with Crippen LogP contribution in [0.4, 0.5) is 5.69 Å². The van der Waals surface area contributed by atoms with Crippen LogP contribution in [0.15, 0.2) is 36.4 Å². The second kappa shape index (κ2) is 7.82. The zero-order chi connectivity index (χ0) is 19.4. The van der Waals surface area contributed by atoms with Gasteiger partial charge >= 0.3 is 0 Å². The molecule has 3 amide bonds. The van der Waals surface area contributed by atoms with Crippen molar-refractivity contribution in [3.63, 3.8) is 0 Å². The maximum Gasteiger partial charge on any atom is 0.254 e. The zero-order valence-electron chi connectivity index (χ0n) is 15.4. The lowest BCUT2D eigenvalue weighted by Crippen LogP contribution is -2.35. The number of benzene rings is 2. The number of rotatable bonds is 5. The number of hydrogen-bond donors (Lipinski definition) is 2. The fraction of sp³-hybridized carbons (Fsp3) is 0.250. The van der Waals surface area contributed by atoms with Crippen LogP contribution in [0.25, 0.3) is 0 Å². The Morgan fingerprint density at radius 3 is 1.96 bits per heavy atom. The number of anilines is 1. The highest BCUT2D eigenvalue weighted by Gasteiger charge is 2.16. The van der Waals surface area contributed by atoms with E-state index in [-0.39, 0.29) is 18.4 Å². The summed E-state index contributed by atoms with van der Waals surface area (Å²) < 4.78 is 0. The van der Waals surface area contributed by atoms with Crippen molar-refractivity contribution in [3.05, 3.63) is 64.2 Å². The Morgan fingerprint density at radius 1 is 0.962 bits per heavy atom. The number of primary amides is 1. The Hall–Kier alpha value is -3.15. The predicted molar refractivity (Wildman–Crippen MR) is 101 cm³/mol. The van der Waals surface area contributed by atoms with Crippen molar-refractivity contribution in [2.45, 2.75) is 20.8 Å². The molecular formula is C20H23N3O3. The minimum absolute atomic E-state index is 0.0802. The van der Waals surface area contributed by atoms with Crippen LogP contribution in [0.2, 0.25) is 0 Å². The third-order valence-corrected chi connectivity index (χ3v) is 4.09. The SMILES string of the molecule is Cc1cc(C)c(NC(=O)CN(C)C(=O)c2ccc(C(N)=O)cc2)c(C)c1. The average Bonchev–Trinajstić information content (AvgIpc) is 2.57. The molecule has 0 unspecified atom stereocenters. The number of carbonyl (C=O) groups excluding carboxylic acids is 3. The highest BCUT2D eigenvalue weighted by atomic mass is 16.2. The fourth-order valence-corrected chi connectivity index (χ4v) is 2.84. The van der Waals surface area contributed by atoms with E-state index in [2.05, 4.69) is 5.32 Å². The van der Waals surface area contributed by atoms with E-state index in [0.29, 0.717) is 11.1 Å². The fourth-order valence-electron chi connectivity index (χ4n) is 2.84. The minimum Gasteiger partial charge on any atom is -0.366 e. The van der Waals surface area contributed by atoms with E-state index < -0.39 is 5.91 Å². The van der Waals surface area contributed by atoms with Crippen LogP contribution in [-0.2, 0) is 4.79 Å². The average molecular weight is 353 g/mol. The van der Waals surface area contributed by atoms with E-state index in [1.165, 1.54) is 29.2 Å². The van der Waals surface area contributed by atoms with Crippen molar-refractivity contribution in [1.82, 2.24) is 4.90 Å². The Kier molecular flexibility index (Phi) is 5.77. The molecule has 0 aliphatic heterocycles. The Morgan fingerprint density at radius 2 is 1.46 bits per heavy atom. The van der Waals surface area contributed by atoms with E-state index in [4.69, 9.17) is 5.73 Å². The van der Waals surface area contributed by atoms with Crippen molar-refractivity contribution in [2.24, 2.45) is 5.73 Å². The topological polar surface area (TPSA) is 92.5 Å². The van der Waals surface area contributed by atoms with Gasteiger partial charge in [-0.15, -0.1) is 0 Å². The molecule has 136 valence electrons. The molecule has 6 heteroatoms. The monoisotopic (exact) mass is 353 g/mol. The lowest BCUT2D eigenvalue weighted by Gasteiger charge is -2.18. The predicted octanol–water partition coefficient (Wildman–Crippen LogP) is 2.42. The van der Waals surface area contributed by atoms with E-state index in [1.54, 1.807) is 7.05 Å². The van der Waals surface area contributed by atoms with Gasteiger partial charge < -0.3 is 16.0 Å². The molecule has 0 aromatic heterocycles. The van der Waals surface area contributed by atoms with Crippen LogP contribution in [-0.4, -0.2) is 36.2 Å². The molecule has 2 aromatic carbocycles. The molecule has 26 heavy (non-hydrogen) atoms. The lowest BCUT2D eigenvalue weighted by atomic mass is 10.1. The normalized spacial score (nSPS) is 10.3. The smallest absolute Gasteiger partial charge is 0.254 e. The molecule has 0 fully saturated rings. The maximum absolute atomic E-state index is 12.4. The van der Waals surface area contributed by atoms with Gasteiger partial charge in [-0.1, -0.05) is 17.7 Å². The summed E-state index contributed by atoms with van der Waals surface area (Å²) in [5.41, 5.74) is 9.75. The molecule has 0 atom stereocenters. The van der Waals surface area contributed by atoms with Crippen LogP contribution in [0.5, 0.6) is 0 Å². The molecule has 6 nitrogen and oxygen atoms in total. The summed E-state index contributed by atoms with van der Waals surface area (Å²) in [7, 11) is 1.55. The summed E-state index contributed by atoms with van der Waals surface area (Å²) in [6.07, 6.45) is 0.